The molecule has 3 heteroatoms. The first kappa shape index (κ1) is 10.7. The fourth-order valence-corrected chi connectivity index (χ4v) is 3.10. The molecule has 0 spiro atoms. The van der Waals surface area contributed by atoms with E-state index in [4.69, 9.17) is 0 Å². The van der Waals surface area contributed by atoms with Gasteiger partial charge in [-0.1, -0.05) is 6.92 Å². The Morgan fingerprint density at radius 1 is 1.58 bits per heavy atom. The summed E-state index contributed by atoms with van der Waals surface area (Å²) in [6.07, 6.45) is 4.86. The molecule has 2 unspecified atom stereocenters. The van der Waals surface area contributed by atoms with E-state index < -0.39 is 0 Å². The molecule has 1 rings (SSSR count). The van der Waals surface area contributed by atoms with Crippen LogP contribution < -0.4 is 5.32 Å². The molecular weight excluding hydrogens is 186 g/mol. The zero-order valence-electron chi connectivity index (χ0n) is 8.01. The highest BCUT2D eigenvalue weighted by Gasteiger charge is 2.20. The van der Waals surface area contributed by atoms with Gasteiger partial charge in [-0.3, -0.25) is 0 Å². The molecule has 1 fully saturated rings. The molecule has 0 aromatic carbocycles. The average molecular weight is 205 g/mol. The summed E-state index contributed by atoms with van der Waals surface area (Å²) in [5, 5.41) is 4.49. The SMILES string of the molecule is CSCCCNC1CSC(C)C1. The van der Waals surface area contributed by atoms with Gasteiger partial charge in [-0.25, -0.2) is 0 Å². The Labute approximate surface area is 84.4 Å². The summed E-state index contributed by atoms with van der Waals surface area (Å²) in [6, 6.07) is 0.798. The van der Waals surface area contributed by atoms with E-state index in [0.717, 1.165) is 11.3 Å². The summed E-state index contributed by atoms with van der Waals surface area (Å²) >= 11 is 4.04. The van der Waals surface area contributed by atoms with Crippen molar-refractivity contribution in [2.24, 2.45) is 0 Å². The zero-order valence-corrected chi connectivity index (χ0v) is 9.64. The summed E-state index contributed by atoms with van der Waals surface area (Å²) in [7, 11) is 0. The van der Waals surface area contributed by atoms with Crippen LogP contribution in [0.3, 0.4) is 0 Å². The molecular formula is C9H19NS2. The lowest BCUT2D eigenvalue weighted by molar-refractivity contribution is 0.538. The second kappa shape index (κ2) is 6.17. The molecule has 1 heterocycles. The van der Waals surface area contributed by atoms with Crippen LogP contribution in [0, 0.1) is 0 Å². The molecule has 0 aliphatic carbocycles. The van der Waals surface area contributed by atoms with Crippen LogP contribution in [0.15, 0.2) is 0 Å². The third-order valence-corrected chi connectivity index (χ3v) is 4.21. The topological polar surface area (TPSA) is 12.0 Å². The number of nitrogens with one attached hydrogen (secondary N) is 1. The number of hydrogen-bond acceptors (Lipinski definition) is 3. The summed E-state index contributed by atoms with van der Waals surface area (Å²) in [6.45, 7) is 3.53. The van der Waals surface area contributed by atoms with Crippen LogP contribution >= 0.6 is 23.5 Å². The first-order chi connectivity index (χ1) is 5.83. The maximum Gasteiger partial charge on any atom is 0.0168 e. The first-order valence-electron chi connectivity index (χ1n) is 4.67. The fourth-order valence-electron chi connectivity index (χ4n) is 1.48. The van der Waals surface area contributed by atoms with Crippen molar-refractivity contribution in [2.75, 3.05) is 24.3 Å². The van der Waals surface area contributed by atoms with Gasteiger partial charge in [-0.15, -0.1) is 0 Å². The number of hydrogen-bond donors (Lipinski definition) is 1. The molecule has 12 heavy (non-hydrogen) atoms. The van der Waals surface area contributed by atoms with Crippen molar-refractivity contribution in [1.82, 2.24) is 5.32 Å². The van der Waals surface area contributed by atoms with Gasteiger partial charge >= 0.3 is 0 Å². The van der Waals surface area contributed by atoms with Crippen molar-refractivity contribution in [3.63, 3.8) is 0 Å². The molecule has 0 aromatic heterocycles. The van der Waals surface area contributed by atoms with Gasteiger partial charge in [0.05, 0.1) is 0 Å². The molecule has 1 saturated heterocycles. The van der Waals surface area contributed by atoms with Gasteiger partial charge in [0.1, 0.15) is 0 Å². The Bertz CT molecular complexity index is 119. The van der Waals surface area contributed by atoms with Gasteiger partial charge < -0.3 is 5.32 Å². The molecule has 1 nitrogen and oxygen atoms in total. The highest BCUT2D eigenvalue weighted by molar-refractivity contribution is 8.00. The average Bonchev–Trinajstić information content (AvgIpc) is 2.45. The van der Waals surface area contributed by atoms with E-state index in [0.29, 0.717) is 0 Å². The third kappa shape index (κ3) is 4.06. The Morgan fingerprint density at radius 3 is 3.00 bits per heavy atom. The van der Waals surface area contributed by atoms with E-state index >= 15 is 0 Å². The Balaban J connectivity index is 1.93. The molecule has 0 bridgehead atoms. The molecule has 0 amide bonds. The Hall–Kier alpha value is 0.660. The minimum absolute atomic E-state index is 0.798. The predicted octanol–water partition coefficient (Wildman–Crippen LogP) is 2.22. The highest BCUT2D eigenvalue weighted by atomic mass is 32.2. The molecule has 1 N–H and O–H groups in total. The van der Waals surface area contributed by atoms with Crippen LogP contribution in [0.4, 0.5) is 0 Å². The van der Waals surface area contributed by atoms with E-state index in [1.165, 1.54) is 30.9 Å². The lowest BCUT2D eigenvalue weighted by Crippen LogP contribution is -2.30. The minimum atomic E-state index is 0.798. The van der Waals surface area contributed by atoms with E-state index in [2.05, 4.69) is 30.3 Å². The molecule has 0 saturated carbocycles. The largest absolute Gasteiger partial charge is 0.313 e. The summed E-state index contributed by atoms with van der Waals surface area (Å²) in [4.78, 5) is 0. The number of rotatable bonds is 5. The second-order valence-electron chi connectivity index (χ2n) is 3.38. The van der Waals surface area contributed by atoms with Crippen LogP contribution in [-0.2, 0) is 0 Å². The van der Waals surface area contributed by atoms with Crippen LogP contribution in [-0.4, -0.2) is 35.6 Å². The zero-order chi connectivity index (χ0) is 8.81. The van der Waals surface area contributed by atoms with E-state index in [-0.39, 0.29) is 0 Å². The molecule has 2 atom stereocenters. The minimum Gasteiger partial charge on any atom is -0.313 e. The van der Waals surface area contributed by atoms with Crippen molar-refractivity contribution in [1.29, 1.82) is 0 Å². The molecule has 1 aliphatic heterocycles. The molecule has 0 aromatic rings. The fraction of sp³-hybridized carbons (Fsp3) is 1.00. The molecule has 72 valence electrons. The summed E-state index contributed by atoms with van der Waals surface area (Å²) < 4.78 is 0. The maximum atomic E-state index is 3.61. The summed E-state index contributed by atoms with van der Waals surface area (Å²) in [5.41, 5.74) is 0. The normalized spacial score (nSPS) is 29.5. The van der Waals surface area contributed by atoms with Crippen molar-refractivity contribution >= 4 is 23.5 Å². The van der Waals surface area contributed by atoms with Gasteiger partial charge in [0.25, 0.3) is 0 Å². The van der Waals surface area contributed by atoms with Crippen LogP contribution in [0.2, 0.25) is 0 Å². The van der Waals surface area contributed by atoms with Crippen molar-refractivity contribution in [3.8, 4) is 0 Å². The van der Waals surface area contributed by atoms with Crippen LogP contribution in [0.25, 0.3) is 0 Å². The first-order valence-corrected chi connectivity index (χ1v) is 7.11. The molecule has 1 aliphatic rings. The van der Waals surface area contributed by atoms with Crippen molar-refractivity contribution in [3.05, 3.63) is 0 Å². The molecule has 0 radical (unpaired) electrons. The van der Waals surface area contributed by atoms with Crippen molar-refractivity contribution in [2.45, 2.75) is 31.1 Å². The smallest absolute Gasteiger partial charge is 0.0168 e. The van der Waals surface area contributed by atoms with Crippen LogP contribution in [0.5, 0.6) is 0 Å². The second-order valence-corrected chi connectivity index (χ2v) is 5.83. The quantitative estimate of drug-likeness (QED) is 0.691. The van der Waals surface area contributed by atoms with E-state index in [1.54, 1.807) is 0 Å². The van der Waals surface area contributed by atoms with Gasteiger partial charge in [0.2, 0.25) is 0 Å². The lowest BCUT2D eigenvalue weighted by atomic mass is 10.2. The number of thioether (sulfide) groups is 2. The predicted molar refractivity (Wildman–Crippen MR) is 61.3 cm³/mol. The van der Waals surface area contributed by atoms with Crippen LogP contribution in [0.1, 0.15) is 19.8 Å². The Morgan fingerprint density at radius 2 is 2.42 bits per heavy atom. The highest BCUT2D eigenvalue weighted by Crippen LogP contribution is 2.25. The van der Waals surface area contributed by atoms with Gasteiger partial charge in [-0.05, 0) is 31.4 Å². The Kier molecular flexibility index (Phi) is 5.52. The monoisotopic (exact) mass is 205 g/mol. The standard InChI is InChI=1S/C9H19NS2/c1-8-6-9(7-12-8)10-4-3-5-11-2/h8-10H,3-7H2,1-2H3. The van der Waals surface area contributed by atoms with E-state index in [1.807, 2.05) is 11.8 Å². The van der Waals surface area contributed by atoms with Crippen molar-refractivity contribution < 1.29 is 0 Å². The maximum absolute atomic E-state index is 3.61. The van der Waals surface area contributed by atoms with E-state index in [9.17, 15) is 0 Å². The summed E-state index contributed by atoms with van der Waals surface area (Å²) in [5.74, 6) is 2.61. The van der Waals surface area contributed by atoms with Gasteiger partial charge in [0, 0.05) is 17.0 Å². The third-order valence-electron chi connectivity index (χ3n) is 2.16. The lowest BCUT2D eigenvalue weighted by Gasteiger charge is -2.10. The van der Waals surface area contributed by atoms with Gasteiger partial charge in [-0.2, -0.15) is 23.5 Å². The van der Waals surface area contributed by atoms with Gasteiger partial charge in [0.15, 0.2) is 0 Å².